The van der Waals surface area contributed by atoms with E-state index in [0.29, 0.717) is 32.3 Å². The minimum atomic E-state index is -1.39. The van der Waals surface area contributed by atoms with Crippen molar-refractivity contribution in [2.45, 2.75) is 225 Å². The van der Waals surface area contributed by atoms with Crippen molar-refractivity contribution in [1.82, 2.24) is 15.2 Å². The molecule has 1 radical (unpaired) electrons. The number of ether oxygens (including phenoxy) is 1. The summed E-state index contributed by atoms with van der Waals surface area (Å²) in [6, 6.07) is 17.8. The number of imide groups is 2. The zero-order valence-electron chi connectivity index (χ0n) is 38.6. The first-order chi connectivity index (χ1) is 29.9. The summed E-state index contributed by atoms with van der Waals surface area (Å²) in [5.74, 6) is -1.09. The van der Waals surface area contributed by atoms with Gasteiger partial charge in [0.05, 0.1) is 6.54 Å². The quantitative estimate of drug-likeness (QED) is 0.0391. The van der Waals surface area contributed by atoms with Crippen LogP contribution in [0.4, 0.5) is 9.59 Å². The van der Waals surface area contributed by atoms with Crippen molar-refractivity contribution in [3.05, 3.63) is 71.8 Å². The number of hydrogen-bond acceptors (Lipinski definition) is 5. The molecule has 0 spiro atoms. The highest BCUT2D eigenvalue weighted by atomic mass is 16.5. The Morgan fingerprint density at radius 2 is 0.951 bits per heavy atom. The Bertz CT molecular complexity index is 1540. The fourth-order valence-electron chi connectivity index (χ4n) is 9.59. The number of hydrogen-bond donors (Lipinski definition) is 0. The van der Waals surface area contributed by atoms with Crippen molar-refractivity contribution in [2.24, 2.45) is 0 Å². The Balaban J connectivity index is 1.56. The molecule has 0 aromatic heterocycles. The minimum absolute atomic E-state index is 0.0249. The number of amides is 6. The Kier molecular flexibility index (Phi) is 23.2. The molecular formula is C52H82N4O5+. The van der Waals surface area contributed by atoms with E-state index >= 15 is 9.59 Å². The van der Waals surface area contributed by atoms with Crippen LogP contribution in [0.15, 0.2) is 60.7 Å². The summed E-state index contributed by atoms with van der Waals surface area (Å²) >= 11 is 0. The molecule has 9 nitrogen and oxygen atoms in total. The smallest absolute Gasteiger partial charge is 0.349 e. The molecule has 61 heavy (non-hydrogen) atoms. The molecule has 2 saturated heterocycles. The molecule has 0 saturated carbocycles. The molecule has 9 heteroatoms. The molecule has 0 N–H and O–H groups in total. The van der Waals surface area contributed by atoms with Crippen LogP contribution >= 0.6 is 0 Å². The van der Waals surface area contributed by atoms with Gasteiger partial charge in [-0.05, 0) is 24.8 Å². The molecule has 2 aliphatic heterocycles. The van der Waals surface area contributed by atoms with Crippen molar-refractivity contribution in [2.75, 3.05) is 6.61 Å². The van der Waals surface area contributed by atoms with E-state index in [4.69, 9.17) is 4.74 Å². The van der Waals surface area contributed by atoms with Crippen LogP contribution < -0.4 is 5.32 Å². The van der Waals surface area contributed by atoms with E-state index in [-0.39, 0.29) is 13.1 Å². The fraction of sp³-hybridized carbons (Fsp3) is 0.692. The summed E-state index contributed by atoms with van der Waals surface area (Å²) in [6.45, 7) is 7.08. The van der Waals surface area contributed by atoms with E-state index in [1.54, 1.807) is 0 Å². The number of rotatable bonds is 35. The summed E-state index contributed by atoms with van der Waals surface area (Å²) in [5.41, 5.74) is 0.220. The number of quaternary nitrogens is 1. The zero-order valence-corrected chi connectivity index (χ0v) is 38.6. The highest BCUT2D eigenvalue weighted by molar-refractivity contribution is 6.07. The van der Waals surface area contributed by atoms with Gasteiger partial charge >= 0.3 is 23.9 Å². The van der Waals surface area contributed by atoms with E-state index in [1.165, 1.54) is 75.5 Å². The van der Waals surface area contributed by atoms with Gasteiger partial charge < -0.3 is 4.74 Å². The molecule has 2 aromatic rings. The number of unbranched alkanes of at least 4 members (excludes halogenated alkanes) is 23. The van der Waals surface area contributed by atoms with Crippen molar-refractivity contribution in [1.29, 1.82) is 0 Å². The monoisotopic (exact) mass is 843 g/mol. The predicted molar refractivity (Wildman–Crippen MR) is 246 cm³/mol. The van der Waals surface area contributed by atoms with Crippen molar-refractivity contribution >= 4 is 23.9 Å². The summed E-state index contributed by atoms with van der Waals surface area (Å²) in [4.78, 5) is 61.2. The van der Waals surface area contributed by atoms with Crippen LogP contribution in [0, 0.1) is 0 Å². The number of carbonyl (C=O) groups is 4. The van der Waals surface area contributed by atoms with Crippen LogP contribution in [-0.2, 0) is 27.4 Å². The largest absolute Gasteiger partial charge is 0.472 e. The van der Waals surface area contributed by atoms with Crippen LogP contribution in [0.2, 0.25) is 0 Å². The molecule has 2 aliphatic rings. The lowest BCUT2D eigenvalue weighted by atomic mass is 9.83. The SMILES string of the molecule is CCCCCCCCCCCCCCCCOC1C(=O)N([N+]2(Cc3ccccc3)C(=O)[N]C(=O)C2(CCCCCCCC)CCCCCCCC)C(=O)N1Cc1ccccc1. The number of nitrogens with zero attached hydrogens (tertiary/aromatic N) is 4. The minimum Gasteiger partial charge on any atom is -0.349 e. The summed E-state index contributed by atoms with van der Waals surface area (Å²) in [6.07, 6.45) is 28.9. The molecule has 0 aliphatic carbocycles. The third-order valence-electron chi connectivity index (χ3n) is 13.2. The van der Waals surface area contributed by atoms with Gasteiger partial charge in [-0.15, -0.1) is 9.91 Å². The second kappa shape index (κ2) is 28.2. The van der Waals surface area contributed by atoms with E-state index in [9.17, 15) is 9.59 Å². The molecule has 339 valence electrons. The first kappa shape index (κ1) is 50.1. The normalized spacial score (nSPS) is 18.8. The number of benzene rings is 2. The van der Waals surface area contributed by atoms with Gasteiger partial charge in [-0.2, -0.15) is 0 Å². The Hall–Kier alpha value is -3.56. The topological polar surface area (TPSA) is 98.1 Å². The fourth-order valence-corrected chi connectivity index (χ4v) is 9.59. The van der Waals surface area contributed by atoms with Gasteiger partial charge in [0.2, 0.25) is 11.8 Å². The molecule has 0 bridgehead atoms. The van der Waals surface area contributed by atoms with Crippen LogP contribution in [-0.4, -0.2) is 56.8 Å². The van der Waals surface area contributed by atoms with Gasteiger partial charge in [0.1, 0.15) is 6.54 Å². The van der Waals surface area contributed by atoms with E-state index in [2.05, 4.69) is 26.1 Å². The second-order valence-corrected chi connectivity index (χ2v) is 18.0. The van der Waals surface area contributed by atoms with Crippen LogP contribution in [0.5, 0.6) is 0 Å². The van der Waals surface area contributed by atoms with Gasteiger partial charge in [0.15, 0.2) is 0 Å². The molecule has 2 fully saturated rings. The number of urea groups is 2. The molecule has 2 aromatic carbocycles. The van der Waals surface area contributed by atoms with Gasteiger partial charge in [-0.3, -0.25) is 14.5 Å². The Morgan fingerprint density at radius 1 is 0.541 bits per heavy atom. The van der Waals surface area contributed by atoms with Crippen molar-refractivity contribution < 1.29 is 28.5 Å². The average molecular weight is 843 g/mol. The molecule has 4 rings (SSSR count). The first-order valence-corrected chi connectivity index (χ1v) is 24.9. The van der Waals surface area contributed by atoms with Crippen molar-refractivity contribution in [3.8, 4) is 0 Å². The maximum Gasteiger partial charge on any atom is 0.472 e. The highest BCUT2D eigenvalue weighted by Crippen LogP contribution is 2.47. The zero-order chi connectivity index (χ0) is 43.6. The first-order valence-electron chi connectivity index (χ1n) is 24.9. The van der Waals surface area contributed by atoms with Gasteiger partial charge in [-0.1, -0.05) is 234 Å². The van der Waals surface area contributed by atoms with E-state index in [0.717, 1.165) is 99.6 Å². The maximum atomic E-state index is 15.1. The molecule has 6 amide bonds. The van der Waals surface area contributed by atoms with Crippen molar-refractivity contribution in [3.63, 3.8) is 0 Å². The highest BCUT2D eigenvalue weighted by Gasteiger charge is 2.75. The van der Waals surface area contributed by atoms with Crippen LogP contribution in [0.1, 0.15) is 212 Å². The standard InChI is InChI=1S/C52H82N4O5/c1-4-7-10-13-16-17-18-19-20-21-22-23-26-35-42-61-48-47(57)55(51(60)54(48)43-45-36-29-27-30-37-45)56(44-46-38-31-28-32-39-46)50(59)53-49(58)52(56,40-33-24-14-11-8-5-2)41-34-25-15-12-9-6-3/h27-32,36-39,48H,4-26,33-35,40-44H2,1-3H3/q+1. The number of carbonyl (C=O) groups excluding carboxylic acids is 4. The van der Waals surface area contributed by atoms with Crippen LogP contribution in [0.3, 0.4) is 0 Å². The lowest BCUT2D eigenvalue weighted by molar-refractivity contribution is -0.984. The van der Waals surface area contributed by atoms with Crippen LogP contribution in [0.25, 0.3) is 0 Å². The molecular weight excluding hydrogens is 761 g/mol. The lowest BCUT2D eigenvalue weighted by Gasteiger charge is -2.45. The molecule has 2 atom stereocenters. The van der Waals surface area contributed by atoms with E-state index < -0.39 is 40.2 Å². The summed E-state index contributed by atoms with van der Waals surface area (Å²) in [5, 5.41) is 5.35. The predicted octanol–water partition coefficient (Wildman–Crippen LogP) is 13.7. The second-order valence-electron chi connectivity index (χ2n) is 18.0. The van der Waals surface area contributed by atoms with Gasteiger partial charge in [0, 0.05) is 25.0 Å². The lowest BCUT2D eigenvalue weighted by Crippen LogP contribution is -2.73. The van der Waals surface area contributed by atoms with Gasteiger partial charge in [0.25, 0.3) is 0 Å². The summed E-state index contributed by atoms with van der Waals surface area (Å²) < 4.78 is 5.68. The molecule has 2 unspecified atom stereocenters. The Morgan fingerprint density at radius 3 is 1.41 bits per heavy atom. The average Bonchev–Trinajstić information content (AvgIpc) is 3.61. The van der Waals surface area contributed by atoms with E-state index in [1.807, 2.05) is 60.7 Å². The maximum absolute atomic E-state index is 15.1. The molecule has 2 heterocycles. The third kappa shape index (κ3) is 14.5. The van der Waals surface area contributed by atoms with Gasteiger partial charge in [-0.25, -0.2) is 9.59 Å². The Labute approximate surface area is 370 Å². The summed E-state index contributed by atoms with van der Waals surface area (Å²) in [7, 11) is 0. The third-order valence-corrected chi connectivity index (χ3v) is 13.2.